The van der Waals surface area contributed by atoms with Crippen molar-refractivity contribution in [2.75, 3.05) is 0 Å². The summed E-state index contributed by atoms with van der Waals surface area (Å²) < 4.78 is 37.7. The zero-order valence-electron chi connectivity index (χ0n) is 9.74. The molecular formula is C11H9ClF3N3S. The van der Waals surface area contributed by atoms with Crippen molar-refractivity contribution in [2.24, 2.45) is 0 Å². The van der Waals surface area contributed by atoms with Crippen LogP contribution in [0.1, 0.15) is 17.0 Å². The first-order valence-corrected chi connectivity index (χ1v) is 6.24. The largest absolute Gasteiger partial charge is 0.417 e. The lowest BCUT2D eigenvalue weighted by molar-refractivity contribution is -0.137. The summed E-state index contributed by atoms with van der Waals surface area (Å²) in [5.74, 6) is 0.403. The Bertz CT molecular complexity index is 610. The van der Waals surface area contributed by atoms with Crippen molar-refractivity contribution in [1.29, 1.82) is 0 Å². The quantitative estimate of drug-likeness (QED) is 0.858. The van der Waals surface area contributed by atoms with Crippen LogP contribution in [-0.2, 0) is 11.9 Å². The highest BCUT2D eigenvalue weighted by molar-refractivity contribution is 7.79. The molecular weight excluding hydrogens is 299 g/mol. The fourth-order valence-electron chi connectivity index (χ4n) is 1.53. The number of benzene rings is 1. The maximum absolute atomic E-state index is 12.6. The minimum atomic E-state index is -4.47. The van der Waals surface area contributed by atoms with E-state index in [2.05, 4.69) is 22.8 Å². The van der Waals surface area contributed by atoms with E-state index in [4.69, 9.17) is 11.6 Å². The van der Waals surface area contributed by atoms with Gasteiger partial charge in [-0.15, -0.1) is 0 Å². The SMILES string of the molecule is Cc1nn(-c2ccc(C(F)(F)F)c(Cl)c2)nc1CS. The molecule has 0 unspecified atom stereocenters. The van der Waals surface area contributed by atoms with E-state index in [-0.39, 0.29) is 5.02 Å². The molecule has 0 fully saturated rings. The van der Waals surface area contributed by atoms with Gasteiger partial charge in [-0.1, -0.05) is 11.6 Å². The van der Waals surface area contributed by atoms with E-state index in [0.29, 0.717) is 22.8 Å². The molecule has 1 aromatic heterocycles. The molecule has 0 aliphatic carbocycles. The van der Waals surface area contributed by atoms with E-state index in [1.165, 1.54) is 16.9 Å². The van der Waals surface area contributed by atoms with E-state index in [9.17, 15) is 13.2 Å². The summed E-state index contributed by atoms with van der Waals surface area (Å²) >= 11 is 9.73. The summed E-state index contributed by atoms with van der Waals surface area (Å²) in [4.78, 5) is 1.24. The van der Waals surface area contributed by atoms with Crippen LogP contribution in [0.2, 0.25) is 5.02 Å². The summed E-state index contributed by atoms with van der Waals surface area (Å²) in [7, 11) is 0. The molecule has 0 aliphatic rings. The first-order chi connectivity index (χ1) is 8.82. The number of hydrogen-bond acceptors (Lipinski definition) is 3. The number of nitrogens with zero attached hydrogens (tertiary/aromatic N) is 3. The molecule has 19 heavy (non-hydrogen) atoms. The fourth-order valence-corrected chi connectivity index (χ4v) is 2.10. The van der Waals surface area contributed by atoms with Gasteiger partial charge >= 0.3 is 6.18 Å². The Morgan fingerprint density at radius 1 is 1.32 bits per heavy atom. The molecule has 0 radical (unpaired) electrons. The van der Waals surface area contributed by atoms with Gasteiger partial charge in [-0.3, -0.25) is 0 Å². The van der Waals surface area contributed by atoms with Crippen molar-refractivity contribution in [2.45, 2.75) is 18.9 Å². The Kier molecular flexibility index (Phi) is 3.78. The fraction of sp³-hybridized carbons (Fsp3) is 0.273. The van der Waals surface area contributed by atoms with Gasteiger partial charge in [0.25, 0.3) is 0 Å². The lowest BCUT2D eigenvalue weighted by atomic mass is 10.2. The standard InChI is InChI=1S/C11H9ClF3N3S/c1-6-10(5-19)17-18(16-6)7-2-3-8(9(12)4-7)11(13,14)15/h2-4,19H,5H2,1H3. The van der Waals surface area contributed by atoms with Crippen molar-refractivity contribution in [3.05, 3.63) is 40.2 Å². The van der Waals surface area contributed by atoms with Crippen molar-refractivity contribution < 1.29 is 13.2 Å². The van der Waals surface area contributed by atoms with E-state index in [0.717, 1.165) is 6.07 Å². The second kappa shape index (κ2) is 5.05. The molecule has 3 nitrogen and oxygen atoms in total. The monoisotopic (exact) mass is 307 g/mol. The number of halogens is 4. The molecule has 0 amide bonds. The topological polar surface area (TPSA) is 30.7 Å². The number of aromatic nitrogens is 3. The molecule has 1 heterocycles. The molecule has 2 rings (SSSR count). The smallest absolute Gasteiger partial charge is 0.173 e. The molecule has 0 atom stereocenters. The second-order valence-corrected chi connectivity index (χ2v) is 4.56. The molecule has 0 saturated carbocycles. The number of hydrogen-bond donors (Lipinski definition) is 1. The lowest BCUT2D eigenvalue weighted by Crippen LogP contribution is -2.07. The predicted octanol–water partition coefficient (Wildman–Crippen LogP) is 3.68. The third-order valence-corrected chi connectivity index (χ3v) is 3.13. The van der Waals surface area contributed by atoms with Crippen molar-refractivity contribution in [3.63, 3.8) is 0 Å². The minimum Gasteiger partial charge on any atom is -0.173 e. The first-order valence-electron chi connectivity index (χ1n) is 5.23. The van der Waals surface area contributed by atoms with Crippen LogP contribution in [0.4, 0.5) is 13.2 Å². The molecule has 0 aliphatic heterocycles. The van der Waals surface area contributed by atoms with Crippen LogP contribution in [0, 0.1) is 6.92 Å². The molecule has 0 bridgehead atoms. The molecule has 1 aromatic carbocycles. The van der Waals surface area contributed by atoms with Gasteiger partial charge in [-0.05, 0) is 25.1 Å². The van der Waals surface area contributed by atoms with E-state index in [1.807, 2.05) is 0 Å². The molecule has 0 saturated heterocycles. The van der Waals surface area contributed by atoms with Gasteiger partial charge in [0.15, 0.2) is 0 Å². The van der Waals surface area contributed by atoms with Crippen LogP contribution in [0.5, 0.6) is 0 Å². The van der Waals surface area contributed by atoms with E-state index >= 15 is 0 Å². The van der Waals surface area contributed by atoms with Crippen LogP contribution in [0.25, 0.3) is 5.69 Å². The average Bonchev–Trinajstić information content (AvgIpc) is 2.68. The Morgan fingerprint density at radius 3 is 2.47 bits per heavy atom. The molecule has 2 aromatic rings. The molecule has 0 N–H and O–H groups in total. The lowest BCUT2D eigenvalue weighted by Gasteiger charge is -2.09. The van der Waals surface area contributed by atoms with Crippen LogP contribution in [-0.4, -0.2) is 15.0 Å². The predicted molar refractivity (Wildman–Crippen MR) is 68.8 cm³/mol. The number of rotatable bonds is 2. The normalized spacial score (nSPS) is 11.9. The van der Waals surface area contributed by atoms with Crippen LogP contribution >= 0.6 is 24.2 Å². The highest BCUT2D eigenvalue weighted by Crippen LogP contribution is 2.35. The second-order valence-electron chi connectivity index (χ2n) is 3.84. The average molecular weight is 308 g/mol. The summed E-state index contributed by atoms with van der Waals surface area (Å²) in [6.45, 7) is 1.75. The summed E-state index contributed by atoms with van der Waals surface area (Å²) in [6, 6.07) is 3.37. The van der Waals surface area contributed by atoms with Gasteiger partial charge in [0, 0.05) is 5.75 Å². The molecule has 0 spiro atoms. The van der Waals surface area contributed by atoms with Gasteiger partial charge in [0.1, 0.15) is 0 Å². The maximum Gasteiger partial charge on any atom is 0.417 e. The number of alkyl halides is 3. The van der Waals surface area contributed by atoms with Crippen LogP contribution in [0.3, 0.4) is 0 Å². The Balaban J connectivity index is 2.44. The van der Waals surface area contributed by atoms with Crippen molar-refractivity contribution >= 4 is 24.2 Å². The highest BCUT2D eigenvalue weighted by Gasteiger charge is 2.33. The van der Waals surface area contributed by atoms with Crippen LogP contribution < -0.4 is 0 Å². The third kappa shape index (κ3) is 2.87. The van der Waals surface area contributed by atoms with E-state index < -0.39 is 11.7 Å². The minimum absolute atomic E-state index is 0.370. The van der Waals surface area contributed by atoms with Crippen LogP contribution in [0.15, 0.2) is 18.2 Å². The highest BCUT2D eigenvalue weighted by atomic mass is 35.5. The zero-order valence-corrected chi connectivity index (χ0v) is 11.4. The van der Waals surface area contributed by atoms with Gasteiger partial charge in [0.2, 0.25) is 0 Å². The first kappa shape index (κ1) is 14.2. The van der Waals surface area contributed by atoms with Gasteiger partial charge in [0.05, 0.1) is 27.7 Å². The van der Waals surface area contributed by atoms with Gasteiger partial charge in [-0.2, -0.15) is 40.8 Å². The maximum atomic E-state index is 12.6. The van der Waals surface area contributed by atoms with Crippen molar-refractivity contribution in [3.8, 4) is 5.69 Å². The molecule has 8 heteroatoms. The Morgan fingerprint density at radius 2 is 2.00 bits per heavy atom. The number of thiol groups is 1. The Hall–Kier alpha value is -1.21. The van der Waals surface area contributed by atoms with Gasteiger partial charge in [-0.25, -0.2) is 0 Å². The molecule has 102 valence electrons. The van der Waals surface area contributed by atoms with Crippen molar-refractivity contribution in [1.82, 2.24) is 15.0 Å². The Labute approximate surface area is 117 Å². The van der Waals surface area contributed by atoms with Gasteiger partial charge < -0.3 is 0 Å². The summed E-state index contributed by atoms with van der Waals surface area (Å²) in [5.41, 5.74) is 0.829. The summed E-state index contributed by atoms with van der Waals surface area (Å²) in [6.07, 6.45) is -4.47. The third-order valence-electron chi connectivity index (χ3n) is 2.52. The summed E-state index contributed by atoms with van der Waals surface area (Å²) in [5, 5.41) is 7.84. The number of aryl methyl sites for hydroxylation is 1. The zero-order chi connectivity index (χ0) is 14.2. The van der Waals surface area contributed by atoms with E-state index in [1.54, 1.807) is 6.92 Å².